The van der Waals surface area contributed by atoms with E-state index in [2.05, 4.69) is 15.7 Å². The number of carbonyl (C=O) groups is 3. The van der Waals surface area contributed by atoms with Crippen molar-refractivity contribution in [2.24, 2.45) is 10.9 Å². The highest BCUT2D eigenvalue weighted by Gasteiger charge is 2.33. The van der Waals surface area contributed by atoms with E-state index in [0.717, 1.165) is 11.3 Å². The van der Waals surface area contributed by atoms with Gasteiger partial charge in [-0.3, -0.25) is 9.59 Å². The van der Waals surface area contributed by atoms with Crippen LogP contribution in [0.3, 0.4) is 0 Å². The highest BCUT2D eigenvalue weighted by Crippen LogP contribution is 2.21. The zero-order chi connectivity index (χ0) is 19.8. The van der Waals surface area contributed by atoms with Crippen LogP contribution in [0.2, 0.25) is 0 Å². The Morgan fingerprint density at radius 1 is 1.41 bits per heavy atom. The molecule has 0 spiro atoms. The van der Waals surface area contributed by atoms with E-state index in [4.69, 9.17) is 10.6 Å². The quantitative estimate of drug-likeness (QED) is 0.280. The van der Waals surface area contributed by atoms with Crippen LogP contribution in [0.1, 0.15) is 32.3 Å². The van der Waals surface area contributed by atoms with Crippen LogP contribution in [-0.2, 0) is 14.3 Å². The highest BCUT2D eigenvalue weighted by atomic mass is 16.5. The number of rotatable bonds is 7. The van der Waals surface area contributed by atoms with Crippen LogP contribution in [0.15, 0.2) is 29.4 Å². The molecule has 0 aromatic heterocycles. The number of ether oxygens (including phenoxy) is 1. The van der Waals surface area contributed by atoms with Crippen molar-refractivity contribution < 1.29 is 19.1 Å². The van der Waals surface area contributed by atoms with Crippen LogP contribution in [-0.4, -0.2) is 49.4 Å². The molecule has 1 fully saturated rings. The number of benzene rings is 1. The summed E-state index contributed by atoms with van der Waals surface area (Å²) >= 11 is 0. The molecule has 0 bridgehead atoms. The minimum atomic E-state index is -0.606. The van der Waals surface area contributed by atoms with Crippen molar-refractivity contribution in [3.05, 3.63) is 29.8 Å². The first kappa shape index (κ1) is 20.2. The zero-order valence-corrected chi connectivity index (χ0v) is 15.5. The molecule has 1 heterocycles. The van der Waals surface area contributed by atoms with E-state index in [-0.39, 0.29) is 18.3 Å². The van der Waals surface area contributed by atoms with Crippen molar-refractivity contribution in [2.75, 3.05) is 18.1 Å². The summed E-state index contributed by atoms with van der Waals surface area (Å²) in [6.07, 6.45) is 2.09. The Morgan fingerprint density at radius 2 is 2.11 bits per heavy atom. The van der Waals surface area contributed by atoms with Gasteiger partial charge in [-0.15, -0.1) is 0 Å². The minimum Gasteiger partial charge on any atom is -0.466 e. The molecule has 146 valence electrons. The van der Waals surface area contributed by atoms with Gasteiger partial charge < -0.3 is 26.1 Å². The fraction of sp³-hybridized carbons (Fsp3) is 0.444. The lowest BCUT2D eigenvalue weighted by Gasteiger charge is -2.19. The molecule has 0 radical (unpaired) electrons. The molecular weight excluding hydrogens is 350 g/mol. The van der Waals surface area contributed by atoms with E-state index < -0.39 is 18.1 Å². The summed E-state index contributed by atoms with van der Waals surface area (Å²) < 4.78 is 4.84. The molecule has 0 saturated carbocycles. The van der Waals surface area contributed by atoms with Crippen molar-refractivity contribution in [3.8, 4) is 0 Å². The molecule has 1 aromatic rings. The second-order valence-corrected chi connectivity index (χ2v) is 6.23. The molecule has 1 aromatic carbocycles. The second-order valence-electron chi connectivity index (χ2n) is 6.23. The molecule has 2 atom stereocenters. The molecule has 0 unspecified atom stereocenters. The number of nitrogens with one attached hydrogen (secondary N) is 2. The van der Waals surface area contributed by atoms with Gasteiger partial charge in [0.15, 0.2) is 0 Å². The molecule has 4 N–H and O–H groups in total. The summed E-state index contributed by atoms with van der Waals surface area (Å²) in [6, 6.07) is 5.74. The van der Waals surface area contributed by atoms with Crippen LogP contribution < -0.4 is 21.4 Å². The number of carbonyl (C=O) groups excluding carboxylic acids is 3. The Balaban J connectivity index is 1.87. The fourth-order valence-electron chi connectivity index (χ4n) is 2.84. The van der Waals surface area contributed by atoms with Gasteiger partial charge in [0.25, 0.3) is 0 Å². The van der Waals surface area contributed by atoms with Crippen molar-refractivity contribution >= 4 is 29.8 Å². The first-order valence-electron chi connectivity index (χ1n) is 8.82. The van der Waals surface area contributed by atoms with Crippen LogP contribution in [0.4, 0.5) is 10.5 Å². The van der Waals surface area contributed by atoms with Gasteiger partial charge in [-0.2, -0.15) is 5.10 Å². The molecule has 1 saturated heterocycles. The molecular formula is C18H25N5O4. The summed E-state index contributed by atoms with van der Waals surface area (Å²) in [5, 5.41) is 8.77. The van der Waals surface area contributed by atoms with E-state index in [1.165, 1.54) is 6.21 Å². The van der Waals surface area contributed by atoms with E-state index in [1.54, 1.807) is 30.9 Å². The third-order valence-corrected chi connectivity index (χ3v) is 4.09. The standard InChI is InChI=1S/C18H25N5O4/c1-3-27-16(24)10-12(2)21-18(26)22-15-8-9-23(17(15)25)14-6-4-13(5-7-14)11-20-19/h4-7,11-12,15H,3,8-10,19H2,1-2H3,(H2,21,22,26)/t12-,15+/m1/s1. The van der Waals surface area contributed by atoms with Crippen LogP contribution in [0, 0.1) is 0 Å². The van der Waals surface area contributed by atoms with Gasteiger partial charge in [-0.05, 0) is 38.0 Å². The van der Waals surface area contributed by atoms with Crippen molar-refractivity contribution in [1.29, 1.82) is 0 Å². The van der Waals surface area contributed by atoms with E-state index in [9.17, 15) is 14.4 Å². The van der Waals surface area contributed by atoms with E-state index in [0.29, 0.717) is 19.6 Å². The molecule has 0 aliphatic carbocycles. The molecule has 9 heteroatoms. The first-order valence-corrected chi connectivity index (χ1v) is 8.82. The van der Waals surface area contributed by atoms with Crippen LogP contribution in [0.5, 0.6) is 0 Å². The van der Waals surface area contributed by atoms with Crippen molar-refractivity contribution in [1.82, 2.24) is 10.6 Å². The first-order chi connectivity index (χ1) is 12.9. The molecule has 1 aliphatic rings. The Hall–Kier alpha value is -3.10. The van der Waals surface area contributed by atoms with Gasteiger partial charge in [0.2, 0.25) is 5.91 Å². The third kappa shape index (κ3) is 5.70. The van der Waals surface area contributed by atoms with Crippen molar-refractivity contribution in [2.45, 2.75) is 38.8 Å². The number of anilines is 1. The number of urea groups is 1. The monoisotopic (exact) mass is 375 g/mol. The van der Waals surface area contributed by atoms with Gasteiger partial charge in [0, 0.05) is 18.3 Å². The number of hydrogen-bond acceptors (Lipinski definition) is 6. The summed E-state index contributed by atoms with van der Waals surface area (Å²) in [4.78, 5) is 37.7. The summed E-state index contributed by atoms with van der Waals surface area (Å²) in [5.74, 6) is 4.56. The molecule has 3 amide bonds. The molecule has 1 aliphatic heterocycles. The number of amides is 3. The maximum Gasteiger partial charge on any atom is 0.315 e. The van der Waals surface area contributed by atoms with E-state index >= 15 is 0 Å². The lowest BCUT2D eigenvalue weighted by molar-refractivity contribution is -0.143. The van der Waals surface area contributed by atoms with Gasteiger partial charge in [0.05, 0.1) is 19.2 Å². The lowest BCUT2D eigenvalue weighted by Crippen LogP contribution is -2.48. The summed E-state index contributed by atoms with van der Waals surface area (Å²) in [5.41, 5.74) is 1.58. The second kappa shape index (κ2) is 9.56. The maximum atomic E-state index is 12.6. The summed E-state index contributed by atoms with van der Waals surface area (Å²) in [6.45, 7) is 4.22. The normalized spacial score (nSPS) is 17.8. The lowest BCUT2D eigenvalue weighted by atomic mass is 10.2. The Bertz CT molecular complexity index is 704. The summed E-state index contributed by atoms with van der Waals surface area (Å²) in [7, 11) is 0. The topological polar surface area (TPSA) is 126 Å². The number of hydrogen-bond donors (Lipinski definition) is 3. The van der Waals surface area contributed by atoms with Gasteiger partial charge in [-0.1, -0.05) is 12.1 Å². The predicted molar refractivity (Wildman–Crippen MR) is 101 cm³/mol. The number of esters is 1. The fourth-order valence-corrected chi connectivity index (χ4v) is 2.84. The van der Waals surface area contributed by atoms with E-state index in [1.807, 2.05) is 12.1 Å². The average molecular weight is 375 g/mol. The Morgan fingerprint density at radius 3 is 2.74 bits per heavy atom. The number of nitrogens with two attached hydrogens (primary N) is 1. The predicted octanol–water partition coefficient (Wildman–Crippen LogP) is 0.725. The minimum absolute atomic E-state index is 0.0739. The Labute approximate surface area is 157 Å². The highest BCUT2D eigenvalue weighted by molar-refractivity contribution is 6.01. The number of nitrogens with zero attached hydrogens (tertiary/aromatic N) is 2. The Kier molecular flexibility index (Phi) is 7.16. The molecule has 9 nitrogen and oxygen atoms in total. The number of hydrazone groups is 1. The van der Waals surface area contributed by atoms with Crippen LogP contribution >= 0.6 is 0 Å². The molecule has 27 heavy (non-hydrogen) atoms. The van der Waals surface area contributed by atoms with Crippen LogP contribution in [0.25, 0.3) is 0 Å². The SMILES string of the molecule is CCOC(=O)C[C@@H](C)NC(=O)N[C@H]1CCN(c2ccc(C=NN)cc2)C1=O. The smallest absolute Gasteiger partial charge is 0.315 e. The maximum absolute atomic E-state index is 12.6. The van der Waals surface area contributed by atoms with Crippen molar-refractivity contribution in [3.63, 3.8) is 0 Å². The van der Waals surface area contributed by atoms with Gasteiger partial charge >= 0.3 is 12.0 Å². The average Bonchev–Trinajstić information content (AvgIpc) is 2.96. The van der Waals surface area contributed by atoms with Gasteiger partial charge in [0.1, 0.15) is 6.04 Å². The molecule has 2 rings (SSSR count). The van der Waals surface area contributed by atoms with Gasteiger partial charge in [-0.25, -0.2) is 4.79 Å². The third-order valence-electron chi connectivity index (χ3n) is 4.09. The largest absolute Gasteiger partial charge is 0.466 e. The zero-order valence-electron chi connectivity index (χ0n) is 15.5.